The van der Waals surface area contributed by atoms with Crippen molar-refractivity contribution in [3.05, 3.63) is 0 Å². The Bertz CT molecular complexity index is 268. The molecule has 1 amide bonds. The van der Waals surface area contributed by atoms with Crippen molar-refractivity contribution in [3.8, 4) is 11.8 Å². The van der Waals surface area contributed by atoms with Gasteiger partial charge >= 0.3 is 6.09 Å². The Morgan fingerprint density at radius 1 is 1.18 bits per heavy atom. The van der Waals surface area contributed by atoms with Crippen molar-refractivity contribution >= 4 is 6.09 Å². The molecular weight excluding hydrogens is 214 g/mol. The van der Waals surface area contributed by atoms with E-state index in [0.717, 1.165) is 12.8 Å². The number of amides is 1. The third-order valence-electron chi connectivity index (χ3n) is 2.00. The summed E-state index contributed by atoms with van der Waals surface area (Å²) in [4.78, 5) is 11.2. The van der Waals surface area contributed by atoms with Crippen molar-refractivity contribution in [2.75, 3.05) is 6.54 Å². The molecule has 17 heavy (non-hydrogen) atoms. The van der Waals surface area contributed by atoms with E-state index in [4.69, 9.17) is 4.74 Å². The van der Waals surface area contributed by atoms with Crippen LogP contribution in [0.2, 0.25) is 0 Å². The van der Waals surface area contributed by atoms with Crippen molar-refractivity contribution < 1.29 is 9.53 Å². The van der Waals surface area contributed by atoms with Crippen LogP contribution in [0.15, 0.2) is 0 Å². The maximum Gasteiger partial charge on any atom is 0.408 e. The van der Waals surface area contributed by atoms with Crippen LogP contribution in [0.4, 0.5) is 4.79 Å². The molecule has 0 fully saturated rings. The van der Waals surface area contributed by atoms with Crippen molar-refractivity contribution in [3.63, 3.8) is 0 Å². The Balaban J connectivity index is 3.50. The second-order valence-electron chi connectivity index (χ2n) is 5.02. The van der Waals surface area contributed by atoms with Crippen molar-refractivity contribution in [2.45, 2.75) is 65.4 Å². The maximum absolute atomic E-state index is 11.2. The Kier molecular flexibility index (Phi) is 8.31. The van der Waals surface area contributed by atoms with Gasteiger partial charge in [0.2, 0.25) is 0 Å². The lowest BCUT2D eigenvalue weighted by molar-refractivity contribution is 0.0535. The normalized spacial score (nSPS) is 10.4. The fraction of sp³-hybridized carbons (Fsp3) is 0.786. The van der Waals surface area contributed by atoms with E-state index in [9.17, 15) is 4.79 Å². The molecule has 0 spiro atoms. The van der Waals surface area contributed by atoms with Crippen LogP contribution in [0.1, 0.15) is 59.8 Å². The van der Waals surface area contributed by atoms with E-state index < -0.39 is 11.7 Å². The van der Waals surface area contributed by atoms with Crippen LogP contribution in [0.25, 0.3) is 0 Å². The molecule has 0 aromatic carbocycles. The summed E-state index contributed by atoms with van der Waals surface area (Å²) in [6.45, 7) is 8.07. The van der Waals surface area contributed by atoms with Gasteiger partial charge in [-0.25, -0.2) is 4.79 Å². The fourth-order valence-corrected chi connectivity index (χ4v) is 1.22. The van der Waals surface area contributed by atoms with E-state index in [-0.39, 0.29) is 0 Å². The third kappa shape index (κ3) is 12.8. The predicted octanol–water partition coefficient (Wildman–Crippen LogP) is 3.48. The first-order valence-electron chi connectivity index (χ1n) is 6.38. The zero-order chi connectivity index (χ0) is 13.1. The van der Waals surface area contributed by atoms with Crippen LogP contribution in [-0.2, 0) is 4.74 Å². The molecule has 0 aliphatic carbocycles. The molecule has 0 saturated carbocycles. The molecule has 0 unspecified atom stereocenters. The first-order valence-corrected chi connectivity index (χ1v) is 6.38. The van der Waals surface area contributed by atoms with E-state index in [1.807, 2.05) is 20.8 Å². The molecule has 0 aliphatic heterocycles. The molecule has 0 saturated heterocycles. The summed E-state index contributed by atoms with van der Waals surface area (Å²) in [5.41, 5.74) is -0.447. The molecule has 3 nitrogen and oxygen atoms in total. The molecule has 0 rings (SSSR count). The van der Waals surface area contributed by atoms with E-state index in [2.05, 4.69) is 24.1 Å². The Labute approximate surface area is 105 Å². The first-order chi connectivity index (χ1) is 7.95. The summed E-state index contributed by atoms with van der Waals surface area (Å²) in [6.07, 6.45) is 5.41. The summed E-state index contributed by atoms with van der Waals surface area (Å²) >= 11 is 0. The highest BCUT2D eigenvalue weighted by atomic mass is 16.6. The van der Waals surface area contributed by atoms with Crippen molar-refractivity contribution in [2.24, 2.45) is 0 Å². The molecule has 98 valence electrons. The third-order valence-corrected chi connectivity index (χ3v) is 2.00. The average Bonchev–Trinajstić information content (AvgIpc) is 2.19. The lowest BCUT2D eigenvalue weighted by atomic mass is 10.2. The van der Waals surface area contributed by atoms with Gasteiger partial charge in [0, 0.05) is 6.42 Å². The number of carbonyl (C=O) groups is 1. The van der Waals surface area contributed by atoms with E-state index in [1.54, 1.807) is 0 Å². The van der Waals surface area contributed by atoms with Crippen LogP contribution >= 0.6 is 0 Å². The number of nitrogens with one attached hydrogen (secondary N) is 1. The minimum Gasteiger partial charge on any atom is -0.444 e. The standard InChI is InChI=1S/C14H25NO2/c1-5-6-7-8-9-10-11-12-15-13(16)17-14(2,3)4/h5-9,12H2,1-4H3,(H,15,16). The molecule has 0 radical (unpaired) electrons. The predicted molar refractivity (Wildman–Crippen MR) is 70.8 cm³/mol. The van der Waals surface area contributed by atoms with Gasteiger partial charge in [0.05, 0.1) is 6.54 Å². The minimum atomic E-state index is -0.447. The fourth-order valence-electron chi connectivity index (χ4n) is 1.22. The SMILES string of the molecule is CCCCCCC#CCNC(=O)OC(C)(C)C. The van der Waals surface area contributed by atoms with Crippen LogP contribution in [0.3, 0.4) is 0 Å². The monoisotopic (exact) mass is 239 g/mol. The quantitative estimate of drug-likeness (QED) is 0.589. The molecule has 3 heteroatoms. The zero-order valence-corrected chi connectivity index (χ0v) is 11.6. The Hall–Kier alpha value is -1.17. The molecule has 0 aromatic rings. The van der Waals surface area contributed by atoms with Gasteiger partial charge in [-0.15, -0.1) is 5.92 Å². The lowest BCUT2D eigenvalue weighted by Crippen LogP contribution is -2.32. The van der Waals surface area contributed by atoms with Gasteiger partial charge in [0.25, 0.3) is 0 Å². The Morgan fingerprint density at radius 2 is 1.88 bits per heavy atom. The highest BCUT2D eigenvalue weighted by Crippen LogP contribution is 2.06. The maximum atomic E-state index is 11.2. The first kappa shape index (κ1) is 15.8. The number of unbranched alkanes of at least 4 members (excludes halogenated alkanes) is 4. The molecule has 0 aromatic heterocycles. The smallest absolute Gasteiger partial charge is 0.408 e. The van der Waals surface area contributed by atoms with Crippen LogP contribution in [0.5, 0.6) is 0 Å². The lowest BCUT2D eigenvalue weighted by Gasteiger charge is -2.18. The number of rotatable bonds is 5. The average molecular weight is 239 g/mol. The van der Waals surface area contributed by atoms with Gasteiger partial charge in [-0.05, 0) is 27.2 Å². The largest absolute Gasteiger partial charge is 0.444 e. The highest BCUT2D eigenvalue weighted by molar-refractivity contribution is 5.67. The molecular formula is C14H25NO2. The number of ether oxygens (including phenoxy) is 1. The topological polar surface area (TPSA) is 38.3 Å². The molecule has 0 atom stereocenters. The van der Waals surface area contributed by atoms with Gasteiger partial charge in [-0.1, -0.05) is 32.1 Å². The summed E-state index contributed by atoms with van der Waals surface area (Å²) in [5, 5.41) is 2.61. The van der Waals surface area contributed by atoms with Crippen LogP contribution in [0, 0.1) is 11.8 Å². The van der Waals surface area contributed by atoms with Crippen LogP contribution in [-0.4, -0.2) is 18.2 Å². The molecule has 0 heterocycles. The van der Waals surface area contributed by atoms with Crippen LogP contribution < -0.4 is 5.32 Å². The number of carbonyl (C=O) groups excluding carboxylic acids is 1. The zero-order valence-electron chi connectivity index (χ0n) is 11.6. The molecule has 0 aliphatic rings. The summed E-state index contributed by atoms with van der Waals surface area (Å²) in [7, 11) is 0. The van der Waals surface area contributed by atoms with Crippen molar-refractivity contribution in [1.82, 2.24) is 5.32 Å². The van der Waals surface area contributed by atoms with E-state index in [1.165, 1.54) is 19.3 Å². The van der Waals surface area contributed by atoms with E-state index in [0.29, 0.717) is 6.54 Å². The second-order valence-corrected chi connectivity index (χ2v) is 5.02. The molecule has 1 N–H and O–H groups in total. The van der Waals surface area contributed by atoms with Gasteiger partial charge in [-0.3, -0.25) is 0 Å². The van der Waals surface area contributed by atoms with Gasteiger partial charge in [0.15, 0.2) is 0 Å². The summed E-state index contributed by atoms with van der Waals surface area (Å²) in [6, 6.07) is 0. The summed E-state index contributed by atoms with van der Waals surface area (Å²) in [5.74, 6) is 5.96. The van der Waals surface area contributed by atoms with Gasteiger partial charge in [-0.2, -0.15) is 0 Å². The van der Waals surface area contributed by atoms with Gasteiger partial charge < -0.3 is 10.1 Å². The van der Waals surface area contributed by atoms with E-state index >= 15 is 0 Å². The summed E-state index contributed by atoms with van der Waals surface area (Å²) < 4.78 is 5.08. The van der Waals surface area contributed by atoms with Crippen molar-refractivity contribution in [1.29, 1.82) is 0 Å². The number of hydrogen-bond donors (Lipinski definition) is 1. The number of hydrogen-bond acceptors (Lipinski definition) is 2. The Morgan fingerprint density at radius 3 is 2.47 bits per heavy atom. The highest BCUT2D eigenvalue weighted by Gasteiger charge is 2.14. The second kappa shape index (κ2) is 8.92. The number of alkyl carbamates (subject to hydrolysis) is 1. The molecule has 0 bridgehead atoms. The van der Waals surface area contributed by atoms with Gasteiger partial charge in [0.1, 0.15) is 5.60 Å². The minimum absolute atomic E-state index is 0.364.